The molecule has 68 valence electrons. The minimum atomic E-state index is -4.11. The van der Waals surface area contributed by atoms with Crippen molar-refractivity contribution in [1.29, 1.82) is 0 Å². The van der Waals surface area contributed by atoms with E-state index in [2.05, 4.69) is 4.74 Å². The van der Waals surface area contributed by atoms with Crippen LogP contribution in [0.3, 0.4) is 0 Å². The standard InChI is InChI=1S/C6H10ClF3O/c7-3-1-4-11-5-2-6(8,9)10/h1-5H2. The van der Waals surface area contributed by atoms with Gasteiger partial charge in [0, 0.05) is 12.5 Å². The van der Waals surface area contributed by atoms with Crippen LogP contribution in [0, 0.1) is 0 Å². The molecule has 0 aromatic heterocycles. The summed E-state index contributed by atoms with van der Waals surface area (Å²) in [7, 11) is 0. The van der Waals surface area contributed by atoms with Gasteiger partial charge in [0.05, 0.1) is 13.0 Å². The Kier molecular flexibility index (Phi) is 5.68. The second-order valence-electron chi connectivity index (χ2n) is 2.02. The maximum absolute atomic E-state index is 11.5. The fraction of sp³-hybridized carbons (Fsp3) is 1.00. The monoisotopic (exact) mass is 190 g/mol. The third kappa shape index (κ3) is 10.0. The lowest BCUT2D eigenvalue weighted by molar-refractivity contribution is -0.145. The molecule has 0 atom stereocenters. The van der Waals surface area contributed by atoms with Gasteiger partial charge in [-0.1, -0.05) is 0 Å². The summed E-state index contributed by atoms with van der Waals surface area (Å²) in [6.07, 6.45) is -4.39. The van der Waals surface area contributed by atoms with Crippen LogP contribution in [0.25, 0.3) is 0 Å². The van der Waals surface area contributed by atoms with E-state index in [9.17, 15) is 13.2 Å². The van der Waals surface area contributed by atoms with Crippen LogP contribution >= 0.6 is 11.6 Å². The van der Waals surface area contributed by atoms with Crippen molar-refractivity contribution in [2.75, 3.05) is 19.1 Å². The minimum Gasteiger partial charge on any atom is -0.381 e. The summed E-state index contributed by atoms with van der Waals surface area (Å²) in [5, 5.41) is 0. The van der Waals surface area contributed by atoms with Gasteiger partial charge in [-0.25, -0.2) is 0 Å². The normalized spacial score (nSPS) is 12.0. The second kappa shape index (κ2) is 5.66. The molecule has 0 saturated carbocycles. The fourth-order valence-corrected chi connectivity index (χ4v) is 0.556. The average molecular weight is 191 g/mol. The van der Waals surface area contributed by atoms with Crippen molar-refractivity contribution in [2.45, 2.75) is 19.0 Å². The highest BCUT2D eigenvalue weighted by molar-refractivity contribution is 6.17. The van der Waals surface area contributed by atoms with Gasteiger partial charge in [-0.05, 0) is 6.42 Å². The van der Waals surface area contributed by atoms with E-state index in [0.29, 0.717) is 18.9 Å². The molecule has 0 saturated heterocycles. The van der Waals surface area contributed by atoms with Crippen molar-refractivity contribution >= 4 is 11.6 Å². The first kappa shape index (κ1) is 11.0. The van der Waals surface area contributed by atoms with E-state index >= 15 is 0 Å². The number of rotatable bonds is 5. The SMILES string of the molecule is FC(F)(F)CCOCCCCl. The molecule has 0 rings (SSSR count). The topological polar surface area (TPSA) is 9.23 Å². The number of halogens is 4. The Hall–Kier alpha value is 0.0400. The van der Waals surface area contributed by atoms with Crippen LogP contribution in [0.4, 0.5) is 13.2 Å². The third-order valence-corrected chi connectivity index (χ3v) is 1.22. The predicted octanol–water partition coefficient (Wildman–Crippen LogP) is 2.58. The van der Waals surface area contributed by atoms with Gasteiger partial charge in [-0.2, -0.15) is 13.2 Å². The van der Waals surface area contributed by atoms with E-state index in [1.54, 1.807) is 0 Å². The highest BCUT2D eigenvalue weighted by Crippen LogP contribution is 2.18. The first-order valence-corrected chi connectivity index (χ1v) is 3.80. The molecule has 5 heteroatoms. The van der Waals surface area contributed by atoms with Crippen molar-refractivity contribution in [1.82, 2.24) is 0 Å². The van der Waals surface area contributed by atoms with Gasteiger partial charge >= 0.3 is 6.18 Å². The van der Waals surface area contributed by atoms with E-state index in [1.165, 1.54) is 0 Å². The molecule has 0 heterocycles. The summed E-state index contributed by atoms with van der Waals surface area (Å²) in [5.41, 5.74) is 0. The fourth-order valence-electron chi connectivity index (χ4n) is 0.447. The average Bonchev–Trinajstić information content (AvgIpc) is 1.85. The Balaban J connectivity index is 3.02. The van der Waals surface area contributed by atoms with Crippen molar-refractivity contribution in [3.05, 3.63) is 0 Å². The highest BCUT2D eigenvalue weighted by atomic mass is 35.5. The van der Waals surface area contributed by atoms with Crippen LogP contribution < -0.4 is 0 Å². The van der Waals surface area contributed by atoms with Crippen LogP contribution in [-0.4, -0.2) is 25.3 Å². The molecule has 0 bridgehead atoms. The molecule has 0 fully saturated rings. The predicted molar refractivity (Wildman–Crippen MR) is 36.8 cm³/mol. The number of hydrogen-bond acceptors (Lipinski definition) is 1. The van der Waals surface area contributed by atoms with Gasteiger partial charge in [0.1, 0.15) is 0 Å². The molecule has 0 aromatic rings. The van der Waals surface area contributed by atoms with Gasteiger partial charge in [0.25, 0.3) is 0 Å². The zero-order valence-electron chi connectivity index (χ0n) is 5.96. The lowest BCUT2D eigenvalue weighted by atomic mass is 10.4. The minimum absolute atomic E-state index is 0.264. The van der Waals surface area contributed by atoms with E-state index in [0.717, 1.165) is 0 Å². The number of hydrogen-bond donors (Lipinski definition) is 0. The maximum atomic E-state index is 11.5. The molecule has 0 N–H and O–H groups in total. The number of alkyl halides is 4. The van der Waals surface area contributed by atoms with Crippen molar-refractivity contribution < 1.29 is 17.9 Å². The Bertz CT molecular complexity index is 94.3. The Morgan fingerprint density at radius 3 is 2.27 bits per heavy atom. The zero-order valence-corrected chi connectivity index (χ0v) is 6.71. The van der Waals surface area contributed by atoms with Gasteiger partial charge in [-0.3, -0.25) is 0 Å². The van der Waals surface area contributed by atoms with Gasteiger partial charge < -0.3 is 4.74 Å². The molecule has 11 heavy (non-hydrogen) atoms. The summed E-state index contributed by atoms with van der Waals surface area (Å²) < 4.78 is 39.0. The molecule has 0 spiro atoms. The second-order valence-corrected chi connectivity index (χ2v) is 2.40. The first-order valence-electron chi connectivity index (χ1n) is 3.27. The molecule has 0 amide bonds. The Morgan fingerprint density at radius 2 is 1.82 bits per heavy atom. The van der Waals surface area contributed by atoms with E-state index in [4.69, 9.17) is 11.6 Å². The van der Waals surface area contributed by atoms with E-state index < -0.39 is 12.6 Å². The van der Waals surface area contributed by atoms with Crippen LogP contribution in [-0.2, 0) is 4.74 Å². The molecular weight excluding hydrogens is 181 g/mol. The lowest BCUT2D eigenvalue weighted by Crippen LogP contribution is -2.11. The van der Waals surface area contributed by atoms with E-state index in [-0.39, 0.29) is 6.61 Å². The van der Waals surface area contributed by atoms with Crippen molar-refractivity contribution in [3.63, 3.8) is 0 Å². The van der Waals surface area contributed by atoms with Crippen LogP contribution in [0.1, 0.15) is 12.8 Å². The summed E-state index contributed by atoms with van der Waals surface area (Å²) in [6.45, 7) is 0.0416. The largest absolute Gasteiger partial charge is 0.391 e. The summed E-state index contributed by atoms with van der Waals surface area (Å²) in [4.78, 5) is 0. The number of ether oxygens (including phenoxy) is 1. The van der Waals surface area contributed by atoms with Crippen LogP contribution in [0.15, 0.2) is 0 Å². The van der Waals surface area contributed by atoms with Gasteiger partial charge in [0.15, 0.2) is 0 Å². The highest BCUT2D eigenvalue weighted by Gasteiger charge is 2.26. The van der Waals surface area contributed by atoms with Crippen LogP contribution in [0.5, 0.6) is 0 Å². The third-order valence-electron chi connectivity index (χ3n) is 0.952. The van der Waals surface area contributed by atoms with Gasteiger partial charge in [0.2, 0.25) is 0 Å². The van der Waals surface area contributed by atoms with E-state index in [1.807, 2.05) is 0 Å². The first-order chi connectivity index (χ1) is 5.06. The maximum Gasteiger partial charge on any atom is 0.391 e. The molecule has 1 nitrogen and oxygen atoms in total. The Morgan fingerprint density at radius 1 is 1.18 bits per heavy atom. The zero-order chi connectivity index (χ0) is 8.74. The molecule has 0 aromatic carbocycles. The summed E-state index contributed by atoms with van der Waals surface area (Å²) in [5.74, 6) is 0.423. The molecular formula is C6H10ClF3O. The lowest BCUT2D eigenvalue weighted by Gasteiger charge is -2.05. The molecule has 0 aliphatic heterocycles. The summed E-state index contributed by atoms with van der Waals surface area (Å²) >= 11 is 5.27. The van der Waals surface area contributed by atoms with Crippen LogP contribution in [0.2, 0.25) is 0 Å². The van der Waals surface area contributed by atoms with Crippen molar-refractivity contribution in [2.24, 2.45) is 0 Å². The van der Waals surface area contributed by atoms with Crippen molar-refractivity contribution in [3.8, 4) is 0 Å². The molecule has 0 aliphatic rings. The molecule has 0 unspecified atom stereocenters. The van der Waals surface area contributed by atoms with Gasteiger partial charge in [-0.15, -0.1) is 11.6 Å². The smallest absolute Gasteiger partial charge is 0.381 e. The summed E-state index contributed by atoms with van der Waals surface area (Å²) in [6, 6.07) is 0. The quantitative estimate of drug-likeness (QED) is 0.478. The molecule has 0 radical (unpaired) electrons. The Labute approximate surface area is 68.5 Å². The molecule has 0 aliphatic carbocycles.